The molecular formula is C23H29F3IN3O2. The first-order chi connectivity index (χ1) is 14.9. The maximum Gasteiger partial charge on any atom is 0.411 e. The van der Waals surface area contributed by atoms with Crippen molar-refractivity contribution in [3.05, 3.63) is 65.7 Å². The minimum atomic E-state index is -4.30. The van der Waals surface area contributed by atoms with Crippen molar-refractivity contribution in [3.8, 4) is 5.75 Å². The normalized spacial score (nSPS) is 15.2. The fraction of sp³-hybridized carbons (Fsp3) is 0.435. The van der Waals surface area contributed by atoms with Gasteiger partial charge in [-0.05, 0) is 23.3 Å². The predicted molar refractivity (Wildman–Crippen MR) is 129 cm³/mol. The van der Waals surface area contributed by atoms with Gasteiger partial charge in [-0.15, -0.1) is 24.0 Å². The Morgan fingerprint density at radius 1 is 1.03 bits per heavy atom. The molecule has 2 aromatic carbocycles. The lowest BCUT2D eigenvalue weighted by molar-refractivity contribution is -0.176. The zero-order valence-electron chi connectivity index (χ0n) is 18.0. The van der Waals surface area contributed by atoms with Crippen LogP contribution in [-0.2, 0) is 17.9 Å². The molecule has 5 nitrogen and oxygen atoms in total. The fourth-order valence-electron chi connectivity index (χ4n) is 3.43. The zero-order valence-corrected chi connectivity index (χ0v) is 20.3. The van der Waals surface area contributed by atoms with Crippen LogP contribution in [0.2, 0.25) is 0 Å². The number of aliphatic imine (C=N–C) groups is 1. The highest BCUT2D eigenvalue weighted by atomic mass is 127. The van der Waals surface area contributed by atoms with E-state index in [9.17, 15) is 13.2 Å². The van der Waals surface area contributed by atoms with Crippen LogP contribution in [-0.4, -0.2) is 49.9 Å². The Bertz CT molecular complexity index is 825. The molecule has 1 saturated heterocycles. The number of guanidine groups is 1. The van der Waals surface area contributed by atoms with Gasteiger partial charge in [0.05, 0.1) is 6.61 Å². The second-order valence-corrected chi connectivity index (χ2v) is 7.44. The molecule has 9 heteroatoms. The molecule has 0 spiro atoms. The van der Waals surface area contributed by atoms with Crippen LogP contribution in [0, 0.1) is 0 Å². The maximum absolute atomic E-state index is 12.1. The molecule has 1 aliphatic rings. The first-order valence-electron chi connectivity index (χ1n) is 10.3. The van der Waals surface area contributed by atoms with E-state index in [2.05, 4.69) is 19.9 Å². The average molecular weight is 563 g/mol. The summed E-state index contributed by atoms with van der Waals surface area (Å²) in [7, 11) is 1.76. The molecule has 32 heavy (non-hydrogen) atoms. The summed E-state index contributed by atoms with van der Waals surface area (Å²) in [4.78, 5) is 6.59. The van der Waals surface area contributed by atoms with Gasteiger partial charge < -0.3 is 19.7 Å². The van der Waals surface area contributed by atoms with E-state index in [1.807, 2.05) is 42.5 Å². The van der Waals surface area contributed by atoms with Crippen LogP contribution in [0.15, 0.2) is 59.6 Å². The summed E-state index contributed by atoms with van der Waals surface area (Å²) in [5, 5.41) is 3.36. The molecule has 0 atom stereocenters. The van der Waals surface area contributed by atoms with Crippen LogP contribution in [0.4, 0.5) is 13.2 Å². The van der Waals surface area contributed by atoms with Crippen molar-refractivity contribution < 1.29 is 22.6 Å². The number of nitrogens with one attached hydrogen (secondary N) is 1. The van der Waals surface area contributed by atoms with Crippen molar-refractivity contribution in [2.45, 2.75) is 38.3 Å². The third kappa shape index (κ3) is 8.85. The number of hydrogen-bond acceptors (Lipinski definition) is 3. The van der Waals surface area contributed by atoms with E-state index in [0.717, 1.165) is 43.2 Å². The Labute approximate surface area is 204 Å². The van der Waals surface area contributed by atoms with E-state index in [0.29, 0.717) is 12.1 Å². The van der Waals surface area contributed by atoms with Crippen molar-refractivity contribution in [3.63, 3.8) is 0 Å². The van der Waals surface area contributed by atoms with Crippen molar-refractivity contribution in [1.29, 1.82) is 0 Å². The Morgan fingerprint density at radius 2 is 1.66 bits per heavy atom. The first kappa shape index (κ1) is 26.2. The van der Waals surface area contributed by atoms with Crippen LogP contribution in [0.3, 0.4) is 0 Å². The SMILES string of the molecule is CN=C(NCc1ccc(COCC(F)(F)F)cc1)N1CCC(Oc2ccccc2)CC1.I. The highest BCUT2D eigenvalue weighted by Crippen LogP contribution is 2.19. The standard InChI is InChI=1S/C23H28F3N3O2.HI/c1-27-22(29-13-11-21(12-14-29)31-20-5-3-2-4-6-20)28-15-18-7-9-19(10-8-18)16-30-17-23(24,25)26;/h2-10,21H,11-17H2,1H3,(H,27,28);1H. The van der Waals surface area contributed by atoms with Crippen LogP contribution in [0.1, 0.15) is 24.0 Å². The minimum Gasteiger partial charge on any atom is -0.490 e. The first-order valence-corrected chi connectivity index (χ1v) is 10.3. The summed E-state index contributed by atoms with van der Waals surface area (Å²) in [6.07, 6.45) is -2.27. The topological polar surface area (TPSA) is 46.1 Å². The molecule has 176 valence electrons. The lowest BCUT2D eigenvalue weighted by Gasteiger charge is -2.34. The van der Waals surface area contributed by atoms with Crippen LogP contribution in [0.25, 0.3) is 0 Å². The van der Waals surface area contributed by atoms with E-state index < -0.39 is 12.8 Å². The molecule has 2 aromatic rings. The maximum atomic E-state index is 12.1. The zero-order chi connectivity index (χ0) is 22.1. The highest BCUT2D eigenvalue weighted by Gasteiger charge is 2.27. The fourth-order valence-corrected chi connectivity index (χ4v) is 3.43. The number of para-hydroxylation sites is 1. The van der Waals surface area contributed by atoms with Gasteiger partial charge in [0.15, 0.2) is 5.96 Å². The third-order valence-corrected chi connectivity index (χ3v) is 5.01. The molecule has 3 rings (SSSR count). The number of alkyl halides is 3. The van der Waals surface area contributed by atoms with Gasteiger partial charge >= 0.3 is 6.18 Å². The van der Waals surface area contributed by atoms with E-state index in [-0.39, 0.29) is 36.7 Å². The van der Waals surface area contributed by atoms with E-state index in [4.69, 9.17) is 4.74 Å². The number of hydrogen-bond donors (Lipinski definition) is 1. The molecule has 0 unspecified atom stereocenters. The Balaban J connectivity index is 0.00000363. The van der Waals surface area contributed by atoms with E-state index >= 15 is 0 Å². The molecule has 0 amide bonds. The number of nitrogens with zero attached hydrogens (tertiary/aromatic N) is 2. The summed E-state index contributed by atoms with van der Waals surface area (Å²) in [5.74, 6) is 1.73. The van der Waals surface area contributed by atoms with Gasteiger partial charge in [-0.3, -0.25) is 4.99 Å². The quantitative estimate of drug-likeness (QED) is 0.293. The highest BCUT2D eigenvalue weighted by molar-refractivity contribution is 14.0. The largest absolute Gasteiger partial charge is 0.490 e. The molecule has 0 bridgehead atoms. The van der Waals surface area contributed by atoms with Crippen LogP contribution < -0.4 is 10.1 Å². The lowest BCUT2D eigenvalue weighted by Crippen LogP contribution is -2.47. The molecule has 0 aliphatic carbocycles. The summed E-state index contributed by atoms with van der Waals surface area (Å²) in [5.41, 5.74) is 1.72. The van der Waals surface area contributed by atoms with Crippen molar-refractivity contribution in [1.82, 2.24) is 10.2 Å². The third-order valence-electron chi connectivity index (χ3n) is 5.01. The number of benzene rings is 2. The van der Waals surface area contributed by atoms with Gasteiger partial charge in [0.2, 0.25) is 0 Å². The van der Waals surface area contributed by atoms with Gasteiger partial charge in [-0.1, -0.05) is 42.5 Å². The second-order valence-electron chi connectivity index (χ2n) is 7.44. The number of piperidine rings is 1. The molecule has 1 aliphatic heterocycles. The molecule has 0 radical (unpaired) electrons. The molecular weight excluding hydrogens is 534 g/mol. The predicted octanol–water partition coefficient (Wildman–Crippen LogP) is 5.00. The molecule has 1 heterocycles. The van der Waals surface area contributed by atoms with Gasteiger partial charge in [0.25, 0.3) is 0 Å². The van der Waals surface area contributed by atoms with Crippen LogP contribution in [0.5, 0.6) is 5.75 Å². The Kier molecular flexibility index (Phi) is 10.6. The van der Waals surface area contributed by atoms with Gasteiger partial charge in [0, 0.05) is 39.5 Å². The van der Waals surface area contributed by atoms with Gasteiger partial charge in [0.1, 0.15) is 18.5 Å². The van der Waals surface area contributed by atoms with E-state index in [1.54, 1.807) is 19.2 Å². The Hall–Kier alpha value is -2.01. The van der Waals surface area contributed by atoms with Crippen molar-refractivity contribution in [2.75, 3.05) is 26.7 Å². The number of rotatable bonds is 7. The minimum absolute atomic E-state index is 0. The summed E-state index contributed by atoms with van der Waals surface area (Å²) in [6, 6.07) is 17.2. The molecule has 1 N–H and O–H groups in total. The average Bonchev–Trinajstić information content (AvgIpc) is 2.76. The monoisotopic (exact) mass is 563 g/mol. The molecule has 1 fully saturated rings. The van der Waals surface area contributed by atoms with Crippen molar-refractivity contribution in [2.24, 2.45) is 4.99 Å². The second kappa shape index (κ2) is 12.9. The van der Waals surface area contributed by atoms with Gasteiger partial charge in [-0.2, -0.15) is 13.2 Å². The number of halogens is 4. The lowest BCUT2D eigenvalue weighted by atomic mass is 10.1. The Morgan fingerprint density at radius 3 is 2.25 bits per heavy atom. The summed E-state index contributed by atoms with van der Waals surface area (Å²) < 4.78 is 47.2. The van der Waals surface area contributed by atoms with E-state index in [1.165, 1.54) is 0 Å². The van der Waals surface area contributed by atoms with Crippen LogP contribution >= 0.6 is 24.0 Å². The molecule has 0 saturated carbocycles. The summed E-state index contributed by atoms with van der Waals surface area (Å²) >= 11 is 0. The van der Waals surface area contributed by atoms with Crippen molar-refractivity contribution >= 4 is 29.9 Å². The number of ether oxygens (including phenoxy) is 2. The number of likely N-dealkylation sites (tertiary alicyclic amines) is 1. The van der Waals surface area contributed by atoms with Gasteiger partial charge in [-0.25, -0.2) is 0 Å². The summed E-state index contributed by atoms with van der Waals surface area (Å²) in [6.45, 7) is 0.991. The molecule has 0 aromatic heterocycles. The smallest absolute Gasteiger partial charge is 0.411 e.